The minimum atomic E-state index is 0.0972. The van der Waals surface area contributed by atoms with Gasteiger partial charge in [-0.2, -0.15) is 0 Å². The van der Waals surface area contributed by atoms with Crippen LogP contribution in [0.25, 0.3) is 0 Å². The first-order valence-corrected chi connectivity index (χ1v) is 2.29. The molecule has 2 nitrogen and oxygen atoms in total. The van der Waals surface area contributed by atoms with Crippen molar-refractivity contribution in [2.75, 3.05) is 0 Å². The molecule has 0 bridgehead atoms. The third-order valence-corrected chi connectivity index (χ3v) is 1.06. The van der Waals surface area contributed by atoms with Crippen molar-refractivity contribution < 1.29 is 4.79 Å². The van der Waals surface area contributed by atoms with E-state index in [1.165, 1.54) is 0 Å². The Kier molecular flexibility index (Phi) is 0.855. The lowest BCUT2D eigenvalue weighted by molar-refractivity contribution is -0.114. The SMILES string of the molecule is NC1=CCCC1=O. The molecule has 1 aliphatic carbocycles. The number of allylic oxidation sites excluding steroid dienone is 2. The summed E-state index contributed by atoms with van der Waals surface area (Å²) in [5, 5.41) is 0. The molecule has 0 heterocycles. The van der Waals surface area contributed by atoms with Crippen LogP contribution in [0.15, 0.2) is 11.8 Å². The molecule has 2 N–H and O–H groups in total. The van der Waals surface area contributed by atoms with Gasteiger partial charge in [-0.1, -0.05) is 6.08 Å². The molecule has 0 spiro atoms. The van der Waals surface area contributed by atoms with E-state index < -0.39 is 0 Å². The molecule has 0 saturated carbocycles. The molecule has 38 valence electrons. The summed E-state index contributed by atoms with van der Waals surface area (Å²) in [6.45, 7) is 0. The van der Waals surface area contributed by atoms with Crippen molar-refractivity contribution in [3.05, 3.63) is 11.8 Å². The Balaban J connectivity index is 2.72. The van der Waals surface area contributed by atoms with Crippen LogP contribution in [0.3, 0.4) is 0 Å². The molecule has 2 heteroatoms. The first-order chi connectivity index (χ1) is 3.30. The van der Waals surface area contributed by atoms with Gasteiger partial charge >= 0.3 is 0 Å². The van der Waals surface area contributed by atoms with Gasteiger partial charge in [0, 0.05) is 6.42 Å². The van der Waals surface area contributed by atoms with E-state index in [9.17, 15) is 4.79 Å². The van der Waals surface area contributed by atoms with Crippen molar-refractivity contribution in [3.63, 3.8) is 0 Å². The Hall–Kier alpha value is -0.790. The zero-order chi connectivity index (χ0) is 5.28. The summed E-state index contributed by atoms with van der Waals surface area (Å²) in [7, 11) is 0. The Morgan fingerprint density at radius 2 is 2.43 bits per heavy atom. The number of carbonyl (C=O) groups excluding carboxylic acids is 1. The second-order valence-corrected chi connectivity index (χ2v) is 1.62. The van der Waals surface area contributed by atoms with Gasteiger partial charge in [-0.15, -0.1) is 0 Å². The Morgan fingerprint density at radius 1 is 1.71 bits per heavy atom. The minimum Gasteiger partial charge on any atom is -0.396 e. The lowest BCUT2D eigenvalue weighted by atomic mass is 10.3. The van der Waals surface area contributed by atoms with E-state index in [-0.39, 0.29) is 5.78 Å². The zero-order valence-corrected chi connectivity index (χ0v) is 3.98. The fourth-order valence-corrected chi connectivity index (χ4v) is 0.617. The molecule has 0 aromatic rings. The first kappa shape index (κ1) is 4.37. The molecule has 0 radical (unpaired) electrons. The quantitative estimate of drug-likeness (QED) is 0.469. The molecule has 1 aliphatic rings. The van der Waals surface area contributed by atoms with Crippen LogP contribution in [-0.2, 0) is 4.79 Å². The summed E-state index contributed by atoms with van der Waals surface area (Å²) in [5.74, 6) is 0.0972. The molecule has 1 rings (SSSR count). The lowest BCUT2D eigenvalue weighted by Gasteiger charge is -1.82. The summed E-state index contributed by atoms with van der Waals surface area (Å²) in [4.78, 5) is 10.4. The average Bonchev–Trinajstić information content (AvgIpc) is 1.91. The maximum Gasteiger partial charge on any atom is 0.178 e. The third kappa shape index (κ3) is 0.633. The third-order valence-electron chi connectivity index (χ3n) is 1.06. The summed E-state index contributed by atoms with van der Waals surface area (Å²) >= 11 is 0. The van der Waals surface area contributed by atoms with Crippen LogP contribution in [0.2, 0.25) is 0 Å². The maximum atomic E-state index is 10.4. The molecule has 0 fully saturated rings. The van der Waals surface area contributed by atoms with E-state index >= 15 is 0 Å². The fraction of sp³-hybridized carbons (Fsp3) is 0.400. The standard InChI is InChI=1S/C5H7NO/c6-4-2-1-3-5(4)7/h2H,1,3,6H2. The molecule has 0 aliphatic heterocycles. The molecular weight excluding hydrogens is 90.1 g/mol. The van der Waals surface area contributed by atoms with Gasteiger partial charge in [-0.3, -0.25) is 4.79 Å². The summed E-state index contributed by atoms with van der Waals surface area (Å²) < 4.78 is 0. The van der Waals surface area contributed by atoms with Crippen LogP contribution in [-0.4, -0.2) is 5.78 Å². The molecule has 0 unspecified atom stereocenters. The highest BCUT2D eigenvalue weighted by Crippen LogP contribution is 2.07. The minimum absolute atomic E-state index is 0.0972. The fourth-order valence-electron chi connectivity index (χ4n) is 0.617. The van der Waals surface area contributed by atoms with E-state index in [2.05, 4.69) is 0 Å². The highest BCUT2D eigenvalue weighted by molar-refractivity contribution is 5.96. The molecule has 0 amide bonds. The van der Waals surface area contributed by atoms with Crippen LogP contribution in [0.5, 0.6) is 0 Å². The van der Waals surface area contributed by atoms with Crippen molar-refractivity contribution in [2.24, 2.45) is 5.73 Å². The number of hydrogen-bond acceptors (Lipinski definition) is 2. The van der Waals surface area contributed by atoms with Crippen molar-refractivity contribution in [2.45, 2.75) is 12.8 Å². The molecule has 0 saturated heterocycles. The summed E-state index contributed by atoms with van der Waals surface area (Å²) in [5.41, 5.74) is 5.63. The van der Waals surface area contributed by atoms with Gasteiger partial charge in [0.05, 0.1) is 5.70 Å². The Labute approximate surface area is 42.0 Å². The predicted molar refractivity (Wildman–Crippen MR) is 26.5 cm³/mol. The average molecular weight is 97.1 g/mol. The topological polar surface area (TPSA) is 43.1 Å². The first-order valence-electron chi connectivity index (χ1n) is 2.29. The van der Waals surface area contributed by atoms with Crippen LogP contribution >= 0.6 is 0 Å². The summed E-state index contributed by atoms with van der Waals surface area (Å²) in [6.07, 6.45) is 3.22. The van der Waals surface area contributed by atoms with E-state index in [0.29, 0.717) is 12.1 Å². The monoisotopic (exact) mass is 97.1 g/mol. The molecule has 0 aromatic carbocycles. The van der Waals surface area contributed by atoms with E-state index in [0.717, 1.165) is 6.42 Å². The Bertz CT molecular complexity index is 126. The van der Waals surface area contributed by atoms with Crippen molar-refractivity contribution >= 4 is 5.78 Å². The van der Waals surface area contributed by atoms with Crippen LogP contribution in [0.1, 0.15) is 12.8 Å². The van der Waals surface area contributed by atoms with Crippen LogP contribution in [0, 0.1) is 0 Å². The van der Waals surface area contributed by atoms with Crippen LogP contribution in [0.4, 0.5) is 0 Å². The van der Waals surface area contributed by atoms with Gasteiger partial charge in [0.15, 0.2) is 5.78 Å². The van der Waals surface area contributed by atoms with E-state index in [1.807, 2.05) is 0 Å². The normalized spacial score (nSPS) is 20.0. The second-order valence-electron chi connectivity index (χ2n) is 1.62. The smallest absolute Gasteiger partial charge is 0.178 e. The van der Waals surface area contributed by atoms with Gasteiger partial charge in [-0.05, 0) is 6.42 Å². The zero-order valence-electron chi connectivity index (χ0n) is 3.98. The molecular formula is C5H7NO. The van der Waals surface area contributed by atoms with Crippen molar-refractivity contribution in [1.29, 1.82) is 0 Å². The van der Waals surface area contributed by atoms with E-state index in [1.54, 1.807) is 6.08 Å². The van der Waals surface area contributed by atoms with E-state index in [4.69, 9.17) is 5.73 Å². The highest BCUT2D eigenvalue weighted by Gasteiger charge is 2.09. The number of hydrogen-bond donors (Lipinski definition) is 1. The van der Waals surface area contributed by atoms with Gasteiger partial charge in [0.25, 0.3) is 0 Å². The number of ketones is 1. The Morgan fingerprint density at radius 3 is 2.57 bits per heavy atom. The van der Waals surface area contributed by atoms with Crippen molar-refractivity contribution in [3.8, 4) is 0 Å². The number of Topliss-reactive ketones (excluding diaryl/α,β-unsaturated/α-hetero) is 1. The largest absolute Gasteiger partial charge is 0.396 e. The summed E-state index contributed by atoms with van der Waals surface area (Å²) in [6, 6.07) is 0. The molecule has 7 heavy (non-hydrogen) atoms. The van der Waals surface area contributed by atoms with Crippen LogP contribution < -0.4 is 5.73 Å². The van der Waals surface area contributed by atoms with Crippen molar-refractivity contribution in [1.82, 2.24) is 0 Å². The second kappa shape index (κ2) is 1.37. The maximum absolute atomic E-state index is 10.4. The highest BCUT2D eigenvalue weighted by atomic mass is 16.1. The number of carbonyl (C=O) groups is 1. The predicted octanol–water partition coefficient (Wildman–Crippen LogP) is 0.192. The van der Waals surface area contributed by atoms with Gasteiger partial charge < -0.3 is 5.73 Å². The molecule has 0 atom stereocenters. The lowest BCUT2D eigenvalue weighted by Crippen LogP contribution is -2.04. The number of nitrogens with two attached hydrogens (primary N) is 1. The van der Waals surface area contributed by atoms with Gasteiger partial charge in [0.1, 0.15) is 0 Å². The molecule has 0 aromatic heterocycles. The van der Waals surface area contributed by atoms with Gasteiger partial charge in [-0.25, -0.2) is 0 Å². The van der Waals surface area contributed by atoms with Gasteiger partial charge in [0.2, 0.25) is 0 Å². The number of rotatable bonds is 0.